The second kappa shape index (κ2) is 12.3. The van der Waals surface area contributed by atoms with Crippen LogP contribution in [0, 0.1) is 5.92 Å². The Hall–Kier alpha value is -3.93. The third-order valence-corrected chi connectivity index (χ3v) is 6.88. The maximum absolute atomic E-state index is 12.7. The highest BCUT2D eigenvalue weighted by molar-refractivity contribution is 5.81. The Kier molecular flexibility index (Phi) is 8.72. The van der Waals surface area contributed by atoms with Gasteiger partial charge in [-0.15, -0.1) is 0 Å². The van der Waals surface area contributed by atoms with Gasteiger partial charge >= 0.3 is 11.9 Å². The highest BCUT2D eigenvalue weighted by atomic mass is 16.5. The minimum absolute atomic E-state index is 0.00189. The predicted octanol–water partition coefficient (Wildman–Crippen LogP) is 5.50. The molecule has 192 valence electrons. The fraction of sp³-hybridized carbons (Fsp3) is 0.323. The molecular formula is C31H33NO5. The van der Waals surface area contributed by atoms with Gasteiger partial charge in [-0.3, -0.25) is 14.4 Å². The van der Waals surface area contributed by atoms with Gasteiger partial charge in [0.25, 0.3) is 0 Å². The van der Waals surface area contributed by atoms with Crippen molar-refractivity contribution in [3.05, 3.63) is 95.6 Å². The molecule has 1 unspecified atom stereocenters. The van der Waals surface area contributed by atoms with E-state index in [9.17, 15) is 19.5 Å². The quantitative estimate of drug-likeness (QED) is 0.340. The lowest BCUT2D eigenvalue weighted by atomic mass is 9.95. The van der Waals surface area contributed by atoms with Crippen LogP contribution in [-0.4, -0.2) is 29.0 Å². The molecule has 1 amide bonds. The maximum atomic E-state index is 12.7. The molecule has 0 aromatic heterocycles. The van der Waals surface area contributed by atoms with E-state index in [1.165, 1.54) is 5.56 Å². The van der Waals surface area contributed by atoms with Crippen molar-refractivity contribution in [3.8, 4) is 11.1 Å². The molecule has 1 aliphatic carbocycles. The monoisotopic (exact) mass is 499 g/mol. The molecule has 37 heavy (non-hydrogen) atoms. The highest BCUT2D eigenvalue weighted by Gasteiger charge is 2.26. The Bertz CT molecular complexity index is 1220. The number of rotatable bonds is 11. The molecule has 1 aliphatic rings. The summed E-state index contributed by atoms with van der Waals surface area (Å²) in [6, 6.07) is 25.7. The van der Waals surface area contributed by atoms with E-state index in [4.69, 9.17) is 4.74 Å². The van der Waals surface area contributed by atoms with Crippen molar-refractivity contribution in [2.45, 2.75) is 57.6 Å². The number of benzene rings is 3. The van der Waals surface area contributed by atoms with Gasteiger partial charge in [0.05, 0.1) is 12.3 Å². The lowest BCUT2D eigenvalue weighted by Crippen LogP contribution is -2.38. The van der Waals surface area contributed by atoms with Gasteiger partial charge < -0.3 is 15.2 Å². The first kappa shape index (κ1) is 26.1. The topological polar surface area (TPSA) is 92.7 Å². The molecule has 3 aromatic rings. The third kappa shape index (κ3) is 7.29. The molecule has 3 atom stereocenters. The minimum atomic E-state index is -0.904. The number of amides is 1. The number of carboxylic acid groups (broad SMARTS) is 1. The number of aliphatic carboxylic acids is 1. The molecule has 2 N–H and O–H groups in total. The summed E-state index contributed by atoms with van der Waals surface area (Å²) in [5, 5.41) is 12.4. The average molecular weight is 500 g/mol. The van der Waals surface area contributed by atoms with E-state index in [0.29, 0.717) is 12.8 Å². The summed E-state index contributed by atoms with van der Waals surface area (Å²) in [7, 11) is 0. The van der Waals surface area contributed by atoms with Gasteiger partial charge in [-0.2, -0.15) is 0 Å². The second-order valence-electron chi connectivity index (χ2n) is 9.72. The van der Waals surface area contributed by atoms with Crippen molar-refractivity contribution in [1.29, 1.82) is 0 Å². The molecule has 0 radical (unpaired) electrons. The molecule has 0 spiro atoms. The molecule has 0 saturated carbocycles. The van der Waals surface area contributed by atoms with Crippen molar-refractivity contribution in [3.63, 3.8) is 0 Å². The molecule has 0 saturated heterocycles. The van der Waals surface area contributed by atoms with Crippen LogP contribution in [-0.2, 0) is 32.0 Å². The molecule has 6 heteroatoms. The van der Waals surface area contributed by atoms with Crippen LogP contribution in [0.3, 0.4) is 0 Å². The van der Waals surface area contributed by atoms with E-state index in [0.717, 1.165) is 35.1 Å². The molecule has 0 heterocycles. The normalized spacial score (nSPS) is 15.9. The zero-order chi connectivity index (χ0) is 26.2. The Labute approximate surface area is 217 Å². The van der Waals surface area contributed by atoms with Crippen LogP contribution in [0.5, 0.6) is 0 Å². The van der Waals surface area contributed by atoms with Crippen LogP contribution >= 0.6 is 0 Å². The van der Waals surface area contributed by atoms with Crippen LogP contribution in [0.4, 0.5) is 0 Å². The van der Waals surface area contributed by atoms with E-state index in [1.807, 2.05) is 78.9 Å². The number of esters is 1. The second-order valence-corrected chi connectivity index (χ2v) is 9.72. The lowest BCUT2D eigenvalue weighted by molar-refractivity contribution is -0.150. The van der Waals surface area contributed by atoms with Crippen molar-refractivity contribution in [2.75, 3.05) is 0 Å². The van der Waals surface area contributed by atoms with Gasteiger partial charge in [0, 0.05) is 12.5 Å². The fourth-order valence-electron chi connectivity index (χ4n) is 4.84. The van der Waals surface area contributed by atoms with Crippen molar-refractivity contribution in [2.24, 2.45) is 5.92 Å². The number of aryl methyl sites for hydroxylation is 1. The summed E-state index contributed by atoms with van der Waals surface area (Å²) in [6.07, 6.45) is 2.16. The number of ether oxygens (including phenoxy) is 1. The zero-order valence-electron chi connectivity index (χ0n) is 21.1. The van der Waals surface area contributed by atoms with Gasteiger partial charge in [0.15, 0.2) is 0 Å². The molecule has 0 bridgehead atoms. The van der Waals surface area contributed by atoms with E-state index in [-0.39, 0.29) is 30.9 Å². The predicted molar refractivity (Wildman–Crippen MR) is 142 cm³/mol. The van der Waals surface area contributed by atoms with E-state index in [2.05, 4.69) is 5.32 Å². The number of fused-ring (bicyclic) bond motifs is 1. The first-order valence-electron chi connectivity index (χ1n) is 12.8. The Morgan fingerprint density at radius 2 is 1.59 bits per heavy atom. The number of carbonyl (C=O) groups is 3. The summed E-state index contributed by atoms with van der Waals surface area (Å²) in [6.45, 7) is 1.64. The summed E-state index contributed by atoms with van der Waals surface area (Å²) < 4.78 is 5.64. The van der Waals surface area contributed by atoms with Gasteiger partial charge in [0.2, 0.25) is 5.91 Å². The van der Waals surface area contributed by atoms with Gasteiger partial charge in [-0.05, 0) is 53.5 Å². The molecule has 6 nitrogen and oxygen atoms in total. The van der Waals surface area contributed by atoms with E-state index in [1.54, 1.807) is 6.92 Å². The van der Waals surface area contributed by atoms with Gasteiger partial charge in [0.1, 0.15) is 6.10 Å². The van der Waals surface area contributed by atoms with Gasteiger partial charge in [-0.25, -0.2) is 0 Å². The number of hydrogen-bond donors (Lipinski definition) is 2. The molecular weight excluding hydrogens is 466 g/mol. The SMILES string of the molecule is C[C@H](C[C@@H](Cc1ccc(-c2ccccc2)cc1)NC(=O)CCC(=O)OC1CCc2ccccc21)C(=O)O. The smallest absolute Gasteiger partial charge is 0.306 e. The summed E-state index contributed by atoms with van der Waals surface area (Å²) >= 11 is 0. The standard InChI is InChI=1S/C31H33NO5/c1-21(31(35)36)19-26(20-22-11-13-24(14-12-22)23-7-3-2-4-8-23)32-29(33)17-18-30(34)37-28-16-15-25-9-5-6-10-27(25)28/h2-14,21,26,28H,15-20H2,1H3,(H,32,33)(H,35,36)/t21-,26+,28?/m1/s1. The number of nitrogens with one attached hydrogen (secondary N) is 1. The maximum Gasteiger partial charge on any atom is 0.306 e. The summed E-state index contributed by atoms with van der Waals surface area (Å²) in [4.78, 5) is 36.6. The average Bonchev–Trinajstić information content (AvgIpc) is 3.31. The lowest BCUT2D eigenvalue weighted by Gasteiger charge is -2.21. The van der Waals surface area contributed by atoms with Crippen LogP contribution in [0.25, 0.3) is 11.1 Å². The zero-order valence-corrected chi connectivity index (χ0v) is 21.1. The molecule has 0 aliphatic heterocycles. The van der Waals surface area contributed by atoms with Crippen LogP contribution in [0.15, 0.2) is 78.9 Å². The van der Waals surface area contributed by atoms with Crippen molar-refractivity contribution in [1.82, 2.24) is 5.32 Å². The minimum Gasteiger partial charge on any atom is -0.481 e. The van der Waals surface area contributed by atoms with E-state index >= 15 is 0 Å². The first-order valence-corrected chi connectivity index (χ1v) is 12.8. The van der Waals surface area contributed by atoms with Crippen molar-refractivity contribution < 1.29 is 24.2 Å². The summed E-state index contributed by atoms with van der Waals surface area (Å²) in [5.74, 6) is -2.20. The largest absolute Gasteiger partial charge is 0.481 e. The molecule has 3 aromatic carbocycles. The number of carbonyl (C=O) groups excluding carboxylic acids is 2. The Morgan fingerprint density at radius 1 is 0.919 bits per heavy atom. The molecule has 0 fully saturated rings. The van der Waals surface area contributed by atoms with Crippen LogP contribution < -0.4 is 5.32 Å². The van der Waals surface area contributed by atoms with Crippen molar-refractivity contribution >= 4 is 17.8 Å². The van der Waals surface area contributed by atoms with Gasteiger partial charge in [-0.1, -0.05) is 85.8 Å². The van der Waals surface area contributed by atoms with Crippen LogP contribution in [0.1, 0.15) is 55.4 Å². The first-order chi connectivity index (χ1) is 17.9. The molecule has 4 rings (SSSR count). The van der Waals surface area contributed by atoms with Crippen LogP contribution in [0.2, 0.25) is 0 Å². The Morgan fingerprint density at radius 3 is 2.32 bits per heavy atom. The summed E-state index contributed by atoms with van der Waals surface area (Å²) in [5.41, 5.74) is 5.45. The number of carboxylic acids is 1. The Balaban J connectivity index is 1.32. The fourth-order valence-corrected chi connectivity index (χ4v) is 4.84. The highest BCUT2D eigenvalue weighted by Crippen LogP contribution is 2.34. The number of hydrogen-bond acceptors (Lipinski definition) is 4. The third-order valence-electron chi connectivity index (χ3n) is 6.88. The van der Waals surface area contributed by atoms with E-state index < -0.39 is 17.9 Å².